The van der Waals surface area contributed by atoms with Gasteiger partial charge in [-0.05, 0) is 36.2 Å². The van der Waals surface area contributed by atoms with E-state index >= 15 is 0 Å². The minimum Gasteiger partial charge on any atom is -0.351 e. The van der Waals surface area contributed by atoms with Crippen LogP contribution in [0.4, 0.5) is 0 Å². The lowest BCUT2D eigenvalue weighted by molar-refractivity contribution is -0.120. The number of rotatable bonds is 5. The Morgan fingerprint density at radius 2 is 1.87 bits per heavy atom. The summed E-state index contributed by atoms with van der Waals surface area (Å²) in [6, 6.07) is 16.6. The van der Waals surface area contributed by atoms with Gasteiger partial charge in [-0.3, -0.25) is 9.59 Å². The van der Waals surface area contributed by atoms with Crippen molar-refractivity contribution in [3.05, 3.63) is 70.7 Å². The molecule has 2 amide bonds. The van der Waals surface area contributed by atoms with E-state index < -0.39 is 0 Å². The zero-order chi connectivity index (χ0) is 16.2. The summed E-state index contributed by atoms with van der Waals surface area (Å²) >= 11 is 5.98. The molecular formula is C18H17ClN2O2. The molecule has 0 radical (unpaired) electrons. The average molecular weight is 329 g/mol. The fraction of sp³-hybridized carbons (Fsp3) is 0.222. The fourth-order valence-electron chi connectivity index (χ4n) is 2.57. The second-order valence-corrected chi connectivity index (χ2v) is 6.06. The molecule has 1 saturated carbocycles. The number of benzene rings is 2. The highest BCUT2D eigenvalue weighted by atomic mass is 35.5. The molecule has 1 aliphatic rings. The highest BCUT2D eigenvalue weighted by molar-refractivity contribution is 6.30. The van der Waals surface area contributed by atoms with Crippen molar-refractivity contribution in [3.63, 3.8) is 0 Å². The summed E-state index contributed by atoms with van der Waals surface area (Å²) in [6.45, 7) is -0.0213. The highest BCUT2D eigenvalue weighted by Gasteiger charge is 2.39. The van der Waals surface area contributed by atoms with Gasteiger partial charge in [-0.1, -0.05) is 41.9 Å². The second kappa shape index (κ2) is 6.84. The molecule has 2 aromatic carbocycles. The van der Waals surface area contributed by atoms with Crippen LogP contribution in [0.5, 0.6) is 0 Å². The van der Waals surface area contributed by atoms with Crippen molar-refractivity contribution in [2.45, 2.75) is 18.4 Å². The first-order chi connectivity index (χ1) is 11.1. The normalized spacial score (nSPS) is 19.0. The number of hydrogen-bond donors (Lipinski definition) is 2. The van der Waals surface area contributed by atoms with E-state index in [2.05, 4.69) is 10.6 Å². The molecule has 0 aliphatic heterocycles. The Morgan fingerprint density at radius 1 is 1.09 bits per heavy atom. The zero-order valence-electron chi connectivity index (χ0n) is 12.5. The quantitative estimate of drug-likeness (QED) is 0.886. The lowest BCUT2D eigenvalue weighted by Crippen LogP contribution is -2.38. The molecule has 5 heteroatoms. The van der Waals surface area contributed by atoms with E-state index in [4.69, 9.17) is 11.6 Å². The van der Waals surface area contributed by atoms with Gasteiger partial charge in [-0.15, -0.1) is 0 Å². The summed E-state index contributed by atoms with van der Waals surface area (Å²) in [5.74, 6) is -0.116. The van der Waals surface area contributed by atoms with Gasteiger partial charge in [-0.25, -0.2) is 0 Å². The van der Waals surface area contributed by atoms with E-state index in [1.54, 1.807) is 24.3 Å². The number of nitrogens with one attached hydrogen (secondary N) is 2. The van der Waals surface area contributed by atoms with Crippen LogP contribution in [0, 0.1) is 0 Å². The van der Waals surface area contributed by atoms with Gasteiger partial charge in [0.15, 0.2) is 0 Å². The Kier molecular flexibility index (Phi) is 4.63. The number of carbonyl (C=O) groups excluding carboxylic acids is 2. The van der Waals surface area contributed by atoms with Crippen LogP contribution in [0.25, 0.3) is 0 Å². The summed E-state index contributed by atoms with van der Waals surface area (Å²) < 4.78 is 0. The molecule has 0 bridgehead atoms. The molecule has 0 unspecified atom stereocenters. The number of hydrogen-bond acceptors (Lipinski definition) is 2. The molecule has 0 heterocycles. The van der Waals surface area contributed by atoms with Crippen molar-refractivity contribution in [1.82, 2.24) is 10.6 Å². The van der Waals surface area contributed by atoms with Crippen LogP contribution in [-0.4, -0.2) is 24.4 Å². The zero-order valence-corrected chi connectivity index (χ0v) is 13.2. The molecule has 0 aromatic heterocycles. The monoisotopic (exact) mass is 328 g/mol. The molecular weight excluding hydrogens is 312 g/mol. The van der Waals surface area contributed by atoms with Crippen LogP contribution in [0.2, 0.25) is 5.02 Å². The Labute approximate surface area is 139 Å². The van der Waals surface area contributed by atoms with Gasteiger partial charge in [0.1, 0.15) is 0 Å². The van der Waals surface area contributed by atoms with E-state index in [1.165, 1.54) is 0 Å². The topological polar surface area (TPSA) is 58.2 Å². The van der Waals surface area contributed by atoms with E-state index in [0.29, 0.717) is 16.5 Å². The van der Waals surface area contributed by atoms with E-state index in [-0.39, 0.29) is 24.4 Å². The average Bonchev–Trinajstić information content (AvgIpc) is 3.32. The molecule has 4 nitrogen and oxygen atoms in total. The second-order valence-electron chi connectivity index (χ2n) is 5.62. The smallest absolute Gasteiger partial charge is 0.251 e. The lowest BCUT2D eigenvalue weighted by Gasteiger charge is -2.07. The first-order valence-electron chi connectivity index (χ1n) is 7.51. The van der Waals surface area contributed by atoms with Crippen molar-refractivity contribution >= 4 is 23.4 Å². The van der Waals surface area contributed by atoms with Crippen LogP contribution in [0.1, 0.15) is 28.3 Å². The Hall–Kier alpha value is -2.33. The first kappa shape index (κ1) is 15.6. The van der Waals surface area contributed by atoms with Gasteiger partial charge >= 0.3 is 0 Å². The Bertz CT molecular complexity index is 718. The predicted molar refractivity (Wildman–Crippen MR) is 89.5 cm³/mol. The van der Waals surface area contributed by atoms with Gasteiger partial charge in [0.05, 0.1) is 6.54 Å². The maximum Gasteiger partial charge on any atom is 0.251 e. The molecule has 0 spiro atoms. The lowest BCUT2D eigenvalue weighted by atomic mass is 10.1. The highest BCUT2D eigenvalue weighted by Crippen LogP contribution is 2.41. The van der Waals surface area contributed by atoms with Crippen LogP contribution < -0.4 is 10.6 Å². The van der Waals surface area contributed by atoms with Crippen molar-refractivity contribution in [3.8, 4) is 0 Å². The third-order valence-electron chi connectivity index (χ3n) is 3.86. The Balaban J connectivity index is 1.45. The molecule has 3 rings (SSSR count). The SMILES string of the molecule is O=C(CNC(=O)c1ccccc1)N[C@H]1C[C@@H]1c1cccc(Cl)c1. The summed E-state index contributed by atoms with van der Waals surface area (Å²) in [5, 5.41) is 6.26. The maximum atomic E-state index is 11.9. The molecule has 1 fully saturated rings. The van der Waals surface area contributed by atoms with Crippen LogP contribution in [0.15, 0.2) is 54.6 Å². The summed E-state index contributed by atoms with van der Waals surface area (Å²) in [4.78, 5) is 23.8. The van der Waals surface area contributed by atoms with Gasteiger partial charge in [-0.2, -0.15) is 0 Å². The van der Waals surface area contributed by atoms with Crippen molar-refractivity contribution in [1.29, 1.82) is 0 Å². The van der Waals surface area contributed by atoms with Gasteiger partial charge < -0.3 is 10.6 Å². The maximum absolute atomic E-state index is 11.9. The molecule has 2 N–H and O–H groups in total. The summed E-state index contributed by atoms with van der Waals surface area (Å²) in [5.41, 5.74) is 1.68. The third kappa shape index (κ3) is 4.11. The van der Waals surface area contributed by atoms with Crippen LogP contribution >= 0.6 is 11.6 Å². The van der Waals surface area contributed by atoms with Gasteiger partial charge in [0.2, 0.25) is 5.91 Å². The molecule has 0 saturated heterocycles. The fourth-order valence-corrected chi connectivity index (χ4v) is 2.77. The molecule has 23 heavy (non-hydrogen) atoms. The summed E-state index contributed by atoms with van der Waals surface area (Å²) in [7, 11) is 0. The van der Waals surface area contributed by atoms with Crippen LogP contribution in [0.3, 0.4) is 0 Å². The van der Waals surface area contributed by atoms with Crippen molar-refractivity contribution < 1.29 is 9.59 Å². The predicted octanol–water partition coefficient (Wildman–Crippen LogP) is 2.74. The number of amides is 2. The third-order valence-corrected chi connectivity index (χ3v) is 4.09. The standard InChI is InChI=1S/C18H17ClN2O2/c19-14-8-4-7-13(9-14)15-10-16(15)21-17(22)11-20-18(23)12-5-2-1-3-6-12/h1-9,15-16H,10-11H2,(H,20,23)(H,21,22)/t15-,16+/m1/s1. The first-order valence-corrected chi connectivity index (χ1v) is 7.89. The minimum absolute atomic E-state index is 0.0213. The molecule has 1 aliphatic carbocycles. The molecule has 118 valence electrons. The number of carbonyl (C=O) groups is 2. The minimum atomic E-state index is -0.247. The van der Waals surface area contributed by atoms with Crippen molar-refractivity contribution in [2.75, 3.05) is 6.54 Å². The van der Waals surface area contributed by atoms with E-state index in [0.717, 1.165) is 12.0 Å². The Morgan fingerprint density at radius 3 is 2.61 bits per heavy atom. The van der Waals surface area contributed by atoms with E-state index in [9.17, 15) is 9.59 Å². The molecule has 2 aromatic rings. The van der Waals surface area contributed by atoms with Gasteiger partial charge in [0.25, 0.3) is 5.91 Å². The van der Waals surface area contributed by atoms with Crippen molar-refractivity contribution in [2.24, 2.45) is 0 Å². The van der Waals surface area contributed by atoms with Gasteiger partial charge in [0, 0.05) is 22.5 Å². The van der Waals surface area contributed by atoms with Crippen LogP contribution in [-0.2, 0) is 4.79 Å². The number of halogens is 1. The largest absolute Gasteiger partial charge is 0.351 e. The molecule has 2 atom stereocenters. The summed E-state index contributed by atoms with van der Waals surface area (Å²) in [6.07, 6.45) is 0.902. The van der Waals surface area contributed by atoms with E-state index in [1.807, 2.05) is 30.3 Å².